The Kier molecular flexibility index (Phi) is 7.72. The molecule has 0 bridgehead atoms. The van der Waals surface area contributed by atoms with E-state index in [0.717, 1.165) is 51.9 Å². The predicted octanol–water partition coefficient (Wildman–Crippen LogP) is 1.62. The summed E-state index contributed by atoms with van der Waals surface area (Å²) >= 11 is 0. The van der Waals surface area contributed by atoms with Gasteiger partial charge in [0, 0.05) is 19.6 Å². The first-order valence-corrected chi connectivity index (χ1v) is 9.02. The molecule has 2 saturated heterocycles. The fraction of sp³-hybridized carbons (Fsp3) is 0.579. The molecule has 1 unspecified atom stereocenters. The second-order valence-electron chi connectivity index (χ2n) is 6.92. The molecule has 0 aromatic heterocycles. The number of carbonyl (C=O) groups excluding carboxylic acids is 2. The van der Waals surface area contributed by atoms with Crippen LogP contribution in [0.5, 0.6) is 0 Å². The smallest absolute Gasteiger partial charge is 0.241 e. The molecule has 0 radical (unpaired) electrons. The van der Waals surface area contributed by atoms with Crippen molar-refractivity contribution in [1.29, 1.82) is 0 Å². The third-order valence-corrected chi connectivity index (χ3v) is 5.18. The van der Waals surface area contributed by atoms with Crippen LogP contribution in [0, 0.1) is 11.8 Å². The lowest BCUT2D eigenvalue weighted by Gasteiger charge is -2.32. The fourth-order valence-electron chi connectivity index (χ4n) is 3.63. The molecular formula is C19H28ClN3O2. The summed E-state index contributed by atoms with van der Waals surface area (Å²) in [4.78, 5) is 26.1. The van der Waals surface area contributed by atoms with Gasteiger partial charge in [-0.05, 0) is 43.7 Å². The molecule has 2 aliphatic rings. The summed E-state index contributed by atoms with van der Waals surface area (Å²) < 4.78 is 0. The van der Waals surface area contributed by atoms with E-state index >= 15 is 0 Å². The molecule has 0 saturated carbocycles. The summed E-state index contributed by atoms with van der Waals surface area (Å²) in [5.41, 5.74) is 1.37. The van der Waals surface area contributed by atoms with E-state index in [4.69, 9.17) is 0 Å². The van der Waals surface area contributed by atoms with Gasteiger partial charge in [0.2, 0.25) is 11.8 Å². The van der Waals surface area contributed by atoms with Gasteiger partial charge >= 0.3 is 0 Å². The van der Waals surface area contributed by atoms with E-state index in [1.807, 2.05) is 11.0 Å². The average molecular weight is 366 g/mol. The van der Waals surface area contributed by atoms with Gasteiger partial charge in [-0.3, -0.25) is 9.59 Å². The van der Waals surface area contributed by atoms with Crippen molar-refractivity contribution >= 4 is 24.2 Å². The lowest BCUT2D eigenvalue weighted by atomic mass is 9.90. The zero-order valence-corrected chi connectivity index (χ0v) is 15.4. The molecule has 2 aliphatic heterocycles. The SMILES string of the molecule is Cl.O=C(NCC(=O)N1CCC(Cc2ccccc2)CC1)C1CCNC1. The zero-order valence-electron chi connectivity index (χ0n) is 14.6. The van der Waals surface area contributed by atoms with Crippen LogP contribution in [0.1, 0.15) is 24.8 Å². The minimum atomic E-state index is 0. The van der Waals surface area contributed by atoms with E-state index in [-0.39, 0.29) is 36.7 Å². The van der Waals surface area contributed by atoms with Crippen LogP contribution in [0.25, 0.3) is 0 Å². The largest absolute Gasteiger partial charge is 0.347 e. The number of rotatable bonds is 5. The molecule has 1 aromatic rings. The Morgan fingerprint density at radius 3 is 2.48 bits per heavy atom. The predicted molar refractivity (Wildman–Crippen MR) is 101 cm³/mol. The van der Waals surface area contributed by atoms with Gasteiger partial charge in [-0.25, -0.2) is 0 Å². The molecule has 2 amide bonds. The van der Waals surface area contributed by atoms with Crippen LogP contribution in [0.2, 0.25) is 0 Å². The quantitative estimate of drug-likeness (QED) is 0.833. The third kappa shape index (κ3) is 5.72. The Morgan fingerprint density at radius 1 is 1.12 bits per heavy atom. The number of hydrogen-bond donors (Lipinski definition) is 2. The highest BCUT2D eigenvalue weighted by Gasteiger charge is 2.25. The van der Waals surface area contributed by atoms with Gasteiger partial charge in [0.25, 0.3) is 0 Å². The molecule has 2 heterocycles. The van der Waals surface area contributed by atoms with Crippen LogP contribution in [0.4, 0.5) is 0 Å². The molecule has 0 aliphatic carbocycles. The van der Waals surface area contributed by atoms with Gasteiger partial charge in [0.05, 0.1) is 12.5 Å². The molecule has 138 valence electrons. The molecule has 2 fully saturated rings. The number of piperidine rings is 1. The molecule has 6 heteroatoms. The number of halogens is 1. The Labute approximate surface area is 155 Å². The minimum Gasteiger partial charge on any atom is -0.347 e. The Balaban J connectivity index is 0.00000225. The molecule has 0 spiro atoms. The Morgan fingerprint density at radius 2 is 1.84 bits per heavy atom. The Hall–Kier alpha value is -1.59. The molecule has 3 rings (SSSR count). The molecule has 1 atom stereocenters. The van der Waals surface area contributed by atoms with Gasteiger partial charge < -0.3 is 15.5 Å². The van der Waals surface area contributed by atoms with E-state index in [1.54, 1.807) is 0 Å². The normalized spacial score (nSPS) is 20.8. The van der Waals surface area contributed by atoms with Crippen molar-refractivity contribution in [2.45, 2.75) is 25.7 Å². The number of nitrogens with zero attached hydrogens (tertiary/aromatic N) is 1. The van der Waals surface area contributed by atoms with E-state index in [2.05, 4.69) is 34.9 Å². The number of amides is 2. The van der Waals surface area contributed by atoms with Gasteiger partial charge in [-0.1, -0.05) is 30.3 Å². The van der Waals surface area contributed by atoms with Crippen LogP contribution in [-0.4, -0.2) is 49.4 Å². The van der Waals surface area contributed by atoms with Crippen LogP contribution in [-0.2, 0) is 16.0 Å². The summed E-state index contributed by atoms with van der Waals surface area (Å²) in [6.07, 6.45) is 4.04. The summed E-state index contributed by atoms with van der Waals surface area (Å²) in [5, 5.41) is 5.98. The van der Waals surface area contributed by atoms with Crippen molar-refractivity contribution < 1.29 is 9.59 Å². The number of benzene rings is 1. The number of hydrogen-bond acceptors (Lipinski definition) is 3. The highest BCUT2D eigenvalue weighted by molar-refractivity contribution is 5.86. The number of likely N-dealkylation sites (tertiary alicyclic amines) is 1. The molecule has 2 N–H and O–H groups in total. The maximum absolute atomic E-state index is 12.3. The van der Waals surface area contributed by atoms with E-state index in [0.29, 0.717) is 5.92 Å². The maximum atomic E-state index is 12.3. The first-order chi connectivity index (χ1) is 11.7. The van der Waals surface area contributed by atoms with Gasteiger partial charge in [0.1, 0.15) is 0 Å². The van der Waals surface area contributed by atoms with Crippen LogP contribution >= 0.6 is 12.4 Å². The van der Waals surface area contributed by atoms with Crippen molar-refractivity contribution in [2.75, 3.05) is 32.7 Å². The van der Waals surface area contributed by atoms with E-state index in [9.17, 15) is 9.59 Å². The van der Waals surface area contributed by atoms with Gasteiger partial charge in [-0.2, -0.15) is 0 Å². The summed E-state index contributed by atoms with van der Waals surface area (Å²) in [7, 11) is 0. The number of nitrogens with one attached hydrogen (secondary N) is 2. The monoisotopic (exact) mass is 365 g/mol. The lowest BCUT2D eigenvalue weighted by Crippen LogP contribution is -2.45. The Bertz CT molecular complexity index is 553. The third-order valence-electron chi connectivity index (χ3n) is 5.18. The lowest BCUT2D eigenvalue weighted by molar-refractivity contribution is -0.134. The van der Waals surface area contributed by atoms with E-state index < -0.39 is 0 Å². The average Bonchev–Trinajstić information content (AvgIpc) is 3.16. The first kappa shape index (κ1) is 19.7. The summed E-state index contributed by atoms with van der Waals surface area (Å²) in [6.45, 7) is 3.36. The zero-order chi connectivity index (χ0) is 16.8. The highest BCUT2D eigenvalue weighted by atomic mass is 35.5. The van der Waals surface area contributed by atoms with Crippen molar-refractivity contribution in [1.82, 2.24) is 15.5 Å². The van der Waals surface area contributed by atoms with Crippen LogP contribution in [0.3, 0.4) is 0 Å². The van der Waals surface area contributed by atoms with E-state index in [1.165, 1.54) is 5.56 Å². The summed E-state index contributed by atoms with van der Waals surface area (Å²) in [6, 6.07) is 10.5. The minimum absolute atomic E-state index is 0. The second-order valence-corrected chi connectivity index (χ2v) is 6.92. The van der Waals surface area contributed by atoms with Crippen molar-refractivity contribution in [3.05, 3.63) is 35.9 Å². The molecule has 1 aromatic carbocycles. The van der Waals surface area contributed by atoms with Crippen molar-refractivity contribution in [3.8, 4) is 0 Å². The van der Waals surface area contributed by atoms with Gasteiger partial charge in [-0.15, -0.1) is 12.4 Å². The standard InChI is InChI=1S/C19H27N3O2.ClH/c23-18(14-21-19(24)17-6-9-20-13-17)22-10-7-16(8-11-22)12-15-4-2-1-3-5-15;/h1-5,16-17,20H,6-14H2,(H,21,24);1H. The number of carbonyl (C=O) groups is 2. The molecule has 25 heavy (non-hydrogen) atoms. The topological polar surface area (TPSA) is 61.4 Å². The maximum Gasteiger partial charge on any atom is 0.241 e. The highest BCUT2D eigenvalue weighted by Crippen LogP contribution is 2.21. The summed E-state index contributed by atoms with van der Waals surface area (Å²) in [5.74, 6) is 0.727. The first-order valence-electron chi connectivity index (χ1n) is 9.02. The second kappa shape index (κ2) is 9.78. The van der Waals surface area contributed by atoms with Crippen LogP contribution in [0.15, 0.2) is 30.3 Å². The van der Waals surface area contributed by atoms with Crippen molar-refractivity contribution in [3.63, 3.8) is 0 Å². The van der Waals surface area contributed by atoms with Crippen molar-refractivity contribution in [2.24, 2.45) is 11.8 Å². The fourth-order valence-corrected chi connectivity index (χ4v) is 3.63. The molecular weight excluding hydrogens is 338 g/mol. The molecule has 5 nitrogen and oxygen atoms in total. The van der Waals surface area contributed by atoms with Crippen LogP contribution < -0.4 is 10.6 Å². The van der Waals surface area contributed by atoms with Gasteiger partial charge in [0.15, 0.2) is 0 Å².